The van der Waals surface area contributed by atoms with Gasteiger partial charge in [-0.1, -0.05) is 19.4 Å². The SMILES string of the molecule is CCCCC(=O)NCC1CCN(C(=O)c2cccc(OC(C)=O)c2)CC1. The van der Waals surface area contributed by atoms with Crippen molar-refractivity contribution in [2.45, 2.75) is 46.0 Å². The van der Waals surface area contributed by atoms with Crippen LogP contribution in [0, 0.1) is 5.92 Å². The van der Waals surface area contributed by atoms with Gasteiger partial charge in [-0.3, -0.25) is 14.4 Å². The number of carbonyl (C=O) groups excluding carboxylic acids is 3. The van der Waals surface area contributed by atoms with Crippen LogP contribution in [0.4, 0.5) is 0 Å². The molecule has 1 aromatic rings. The topological polar surface area (TPSA) is 75.7 Å². The number of likely N-dealkylation sites (tertiary alicyclic amines) is 1. The first kappa shape index (κ1) is 19.9. The molecule has 26 heavy (non-hydrogen) atoms. The molecule has 0 aliphatic carbocycles. The second kappa shape index (κ2) is 9.94. The standard InChI is InChI=1S/C20H28N2O4/c1-3-4-8-19(24)21-14-16-9-11-22(12-10-16)20(25)17-6-5-7-18(13-17)26-15(2)23/h5-7,13,16H,3-4,8-12,14H2,1-2H3,(H,21,24). The molecule has 0 atom stereocenters. The highest BCUT2D eigenvalue weighted by molar-refractivity contribution is 5.94. The van der Waals surface area contributed by atoms with Crippen molar-refractivity contribution < 1.29 is 19.1 Å². The molecular weight excluding hydrogens is 332 g/mol. The molecule has 0 saturated carbocycles. The molecule has 6 nitrogen and oxygen atoms in total. The van der Waals surface area contributed by atoms with Crippen LogP contribution in [0.5, 0.6) is 5.75 Å². The van der Waals surface area contributed by atoms with E-state index in [2.05, 4.69) is 12.2 Å². The van der Waals surface area contributed by atoms with Crippen LogP contribution in [-0.4, -0.2) is 42.3 Å². The van der Waals surface area contributed by atoms with Crippen molar-refractivity contribution in [1.82, 2.24) is 10.2 Å². The van der Waals surface area contributed by atoms with E-state index in [1.807, 2.05) is 4.90 Å². The Labute approximate surface area is 154 Å². The van der Waals surface area contributed by atoms with Gasteiger partial charge in [-0.25, -0.2) is 0 Å². The van der Waals surface area contributed by atoms with Gasteiger partial charge in [0.2, 0.25) is 5.91 Å². The van der Waals surface area contributed by atoms with E-state index in [-0.39, 0.29) is 11.8 Å². The molecule has 1 aliphatic heterocycles. The first-order chi connectivity index (χ1) is 12.5. The molecule has 0 aromatic heterocycles. The normalized spacial score (nSPS) is 14.8. The molecule has 1 aromatic carbocycles. The third kappa shape index (κ3) is 6.17. The number of amides is 2. The molecule has 1 heterocycles. The maximum absolute atomic E-state index is 12.6. The second-order valence-corrected chi connectivity index (χ2v) is 6.76. The number of unbranched alkanes of at least 4 members (excludes halogenated alkanes) is 1. The Morgan fingerprint density at radius 2 is 1.96 bits per heavy atom. The average Bonchev–Trinajstić information content (AvgIpc) is 2.64. The highest BCUT2D eigenvalue weighted by atomic mass is 16.5. The number of benzene rings is 1. The minimum Gasteiger partial charge on any atom is -0.427 e. The van der Waals surface area contributed by atoms with Crippen LogP contribution < -0.4 is 10.1 Å². The fourth-order valence-corrected chi connectivity index (χ4v) is 3.07. The summed E-state index contributed by atoms with van der Waals surface area (Å²) in [6.07, 6.45) is 4.29. The summed E-state index contributed by atoms with van der Waals surface area (Å²) in [5.41, 5.74) is 0.523. The van der Waals surface area contributed by atoms with Crippen LogP contribution in [0.1, 0.15) is 56.3 Å². The summed E-state index contributed by atoms with van der Waals surface area (Å²) in [6, 6.07) is 6.70. The van der Waals surface area contributed by atoms with Gasteiger partial charge >= 0.3 is 5.97 Å². The largest absolute Gasteiger partial charge is 0.427 e. The van der Waals surface area contributed by atoms with E-state index >= 15 is 0 Å². The van der Waals surface area contributed by atoms with Crippen LogP contribution in [0.3, 0.4) is 0 Å². The summed E-state index contributed by atoms with van der Waals surface area (Å²) in [5, 5.41) is 3.00. The van der Waals surface area contributed by atoms with Crippen molar-refractivity contribution >= 4 is 17.8 Å². The molecule has 0 spiro atoms. The number of hydrogen-bond acceptors (Lipinski definition) is 4. The molecule has 0 unspecified atom stereocenters. The van der Waals surface area contributed by atoms with E-state index < -0.39 is 5.97 Å². The zero-order chi connectivity index (χ0) is 18.9. The minimum absolute atomic E-state index is 0.0515. The number of piperidine rings is 1. The van der Waals surface area contributed by atoms with Gasteiger partial charge < -0.3 is 15.0 Å². The summed E-state index contributed by atoms with van der Waals surface area (Å²) < 4.78 is 5.04. The van der Waals surface area contributed by atoms with E-state index in [0.29, 0.717) is 43.3 Å². The fraction of sp³-hybridized carbons (Fsp3) is 0.550. The molecule has 2 amide bonds. The van der Waals surface area contributed by atoms with Gasteiger partial charge in [0, 0.05) is 38.5 Å². The van der Waals surface area contributed by atoms with E-state index in [0.717, 1.165) is 25.7 Å². The van der Waals surface area contributed by atoms with E-state index in [1.165, 1.54) is 6.92 Å². The number of nitrogens with zero attached hydrogens (tertiary/aromatic N) is 1. The van der Waals surface area contributed by atoms with Gasteiger partial charge in [0.05, 0.1) is 0 Å². The maximum atomic E-state index is 12.6. The van der Waals surface area contributed by atoms with Crippen LogP contribution in [0.25, 0.3) is 0 Å². The lowest BCUT2D eigenvalue weighted by Crippen LogP contribution is -2.41. The van der Waals surface area contributed by atoms with E-state index in [9.17, 15) is 14.4 Å². The monoisotopic (exact) mass is 360 g/mol. The van der Waals surface area contributed by atoms with Gasteiger partial charge in [-0.2, -0.15) is 0 Å². The lowest BCUT2D eigenvalue weighted by atomic mass is 9.96. The summed E-state index contributed by atoms with van der Waals surface area (Å²) in [7, 11) is 0. The van der Waals surface area contributed by atoms with Crippen molar-refractivity contribution in [2.24, 2.45) is 5.92 Å². The smallest absolute Gasteiger partial charge is 0.308 e. The maximum Gasteiger partial charge on any atom is 0.308 e. The first-order valence-corrected chi connectivity index (χ1v) is 9.34. The first-order valence-electron chi connectivity index (χ1n) is 9.34. The van der Waals surface area contributed by atoms with Gasteiger partial charge in [0.15, 0.2) is 0 Å². The van der Waals surface area contributed by atoms with Gasteiger partial charge in [-0.05, 0) is 43.4 Å². The predicted octanol–water partition coefficient (Wildman–Crippen LogP) is 2.77. The Bertz CT molecular complexity index is 636. The van der Waals surface area contributed by atoms with Crippen molar-refractivity contribution in [3.63, 3.8) is 0 Å². The molecule has 2 rings (SSSR count). The van der Waals surface area contributed by atoms with Gasteiger partial charge in [0.25, 0.3) is 5.91 Å². The number of hydrogen-bond donors (Lipinski definition) is 1. The fourth-order valence-electron chi connectivity index (χ4n) is 3.07. The quantitative estimate of drug-likeness (QED) is 0.599. The third-order valence-corrected chi connectivity index (χ3v) is 4.59. The minimum atomic E-state index is -0.406. The molecular formula is C20H28N2O4. The van der Waals surface area contributed by atoms with Gasteiger partial charge in [-0.15, -0.1) is 0 Å². The lowest BCUT2D eigenvalue weighted by molar-refractivity contribution is -0.131. The second-order valence-electron chi connectivity index (χ2n) is 6.76. The third-order valence-electron chi connectivity index (χ3n) is 4.59. The summed E-state index contributed by atoms with van der Waals surface area (Å²) >= 11 is 0. The van der Waals surface area contributed by atoms with Crippen molar-refractivity contribution in [3.05, 3.63) is 29.8 Å². The van der Waals surface area contributed by atoms with Crippen molar-refractivity contribution in [1.29, 1.82) is 0 Å². The molecule has 0 radical (unpaired) electrons. The zero-order valence-electron chi connectivity index (χ0n) is 15.6. The Hall–Kier alpha value is -2.37. The van der Waals surface area contributed by atoms with Crippen LogP contribution >= 0.6 is 0 Å². The Kier molecular flexibility index (Phi) is 7.63. The van der Waals surface area contributed by atoms with Crippen LogP contribution in [0.15, 0.2) is 24.3 Å². The van der Waals surface area contributed by atoms with Crippen molar-refractivity contribution in [2.75, 3.05) is 19.6 Å². The van der Waals surface area contributed by atoms with Gasteiger partial charge in [0.1, 0.15) is 5.75 Å². The Morgan fingerprint density at radius 3 is 2.62 bits per heavy atom. The summed E-state index contributed by atoms with van der Waals surface area (Å²) in [6.45, 7) is 5.44. The number of rotatable bonds is 7. The highest BCUT2D eigenvalue weighted by Gasteiger charge is 2.24. The molecule has 1 N–H and O–H groups in total. The molecule has 1 saturated heterocycles. The lowest BCUT2D eigenvalue weighted by Gasteiger charge is -2.32. The van der Waals surface area contributed by atoms with E-state index in [4.69, 9.17) is 4.74 Å². The van der Waals surface area contributed by atoms with Crippen LogP contribution in [-0.2, 0) is 9.59 Å². The molecule has 142 valence electrons. The average molecular weight is 360 g/mol. The van der Waals surface area contributed by atoms with Crippen molar-refractivity contribution in [3.8, 4) is 5.75 Å². The highest BCUT2D eigenvalue weighted by Crippen LogP contribution is 2.20. The number of esters is 1. The molecule has 1 fully saturated rings. The Balaban J connectivity index is 1.81. The molecule has 6 heteroatoms. The molecule has 1 aliphatic rings. The molecule has 0 bridgehead atoms. The number of carbonyl (C=O) groups is 3. The summed E-state index contributed by atoms with van der Waals surface area (Å²) in [4.78, 5) is 37.2. The predicted molar refractivity (Wildman–Crippen MR) is 98.9 cm³/mol. The van der Waals surface area contributed by atoms with Crippen LogP contribution in [0.2, 0.25) is 0 Å². The Morgan fingerprint density at radius 1 is 1.23 bits per heavy atom. The zero-order valence-corrected chi connectivity index (χ0v) is 15.6. The van der Waals surface area contributed by atoms with E-state index in [1.54, 1.807) is 24.3 Å². The number of ether oxygens (including phenoxy) is 1. The number of nitrogens with one attached hydrogen (secondary N) is 1. The summed E-state index contributed by atoms with van der Waals surface area (Å²) in [5.74, 6) is 0.457.